The zero-order valence-corrected chi connectivity index (χ0v) is 21.7. The van der Waals surface area contributed by atoms with Crippen molar-refractivity contribution in [2.24, 2.45) is 62.6 Å². The lowest BCUT2D eigenvalue weighted by molar-refractivity contribution is -0.241. The van der Waals surface area contributed by atoms with Crippen LogP contribution in [-0.4, -0.2) is 0 Å². The van der Waals surface area contributed by atoms with Gasteiger partial charge in [0.25, 0.3) is 0 Å². The van der Waals surface area contributed by atoms with Gasteiger partial charge in [0.1, 0.15) is 0 Å². The average Bonchev–Trinajstić information content (AvgIpc) is 2.99. The summed E-state index contributed by atoms with van der Waals surface area (Å²) in [5.74, 6) is 5.79. The van der Waals surface area contributed by atoms with E-state index in [4.69, 9.17) is 0 Å². The van der Waals surface area contributed by atoms with Crippen LogP contribution in [0, 0.1) is 62.6 Å². The number of hydrogen-bond donors (Lipinski definition) is 0. The minimum Gasteiger partial charge on any atom is -0.0625 e. The van der Waals surface area contributed by atoms with Gasteiger partial charge in [-0.05, 0) is 127 Å². The van der Waals surface area contributed by atoms with Crippen molar-refractivity contribution in [3.8, 4) is 0 Å². The van der Waals surface area contributed by atoms with E-state index in [1.807, 2.05) is 0 Å². The second-order valence-corrected chi connectivity index (χ2v) is 15.1. The first kappa shape index (κ1) is 21.8. The first-order valence-electron chi connectivity index (χ1n) is 13.9. The van der Waals surface area contributed by atoms with Crippen LogP contribution in [0.2, 0.25) is 0 Å². The van der Waals surface area contributed by atoms with Crippen LogP contribution in [0.1, 0.15) is 126 Å². The van der Waals surface area contributed by atoms with Crippen molar-refractivity contribution in [3.63, 3.8) is 0 Å². The third-order valence-electron chi connectivity index (χ3n) is 13.6. The highest BCUT2D eigenvalue weighted by molar-refractivity contribution is 5.18. The highest BCUT2D eigenvalue weighted by atomic mass is 14.7. The smallest absolute Gasteiger partial charge is 0.0235 e. The molecular weight excluding hydrogens is 360 g/mol. The van der Waals surface area contributed by atoms with Gasteiger partial charge in [-0.2, -0.15) is 0 Å². The van der Waals surface area contributed by atoms with E-state index >= 15 is 0 Å². The van der Waals surface area contributed by atoms with Crippen LogP contribution in [0.25, 0.3) is 0 Å². The molecule has 0 aromatic rings. The molecule has 0 spiro atoms. The van der Waals surface area contributed by atoms with Crippen LogP contribution in [0.4, 0.5) is 0 Å². The van der Waals surface area contributed by atoms with E-state index in [1.165, 1.54) is 70.6 Å². The van der Waals surface area contributed by atoms with E-state index in [9.17, 15) is 0 Å². The lowest BCUT2D eigenvalue weighted by atomic mass is 9.32. The van der Waals surface area contributed by atoms with Crippen LogP contribution in [0.15, 0.2) is 0 Å². The molecule has 9 atom stereocenters. The number of fused-ring (bicyclic) bond motifs is 7. The van der Waals surface area contributed by atoms with Gasteiger partial charge in [0, 0.05) is 0 Å². The molecule has 5 rings (SSSR count). The molecule has 0 aliphatic heterocycles. The standard InChI is InChI=1S/C30H52/c1-20(2)21-12-17-27(5)22(21)13-18-29(7)24(27)10-11-25-28(6)16-9-15-26(3,4)23(28)14-19-30(25,29)8/h20-25H,9-19H2,1-8H3/t21-,22+,23?,24?,25-,27+,28+,29-,30-/m1/s1. The van der Waals surface area contributed by atoms with Crippen molar-refractivity contribution in [1.29, 1.82) is 0 Å². The van der Waals surface area contributed by atoms with E-state index in [0.717, 1.165) is 35.5 Å². The Balaban J connectivity index is 1.52. The number of rotatable bonds is 1. The van der Waals surface area contributed by atoms with Gasteiger partial charge in [0.2, 0.25) is 0 Å². The molecule has 0 nitrogen and oxygen atoms in total. The van der Waals surface area contributed by atoms with E-state index in [1.54, 1.807) is 0 Å². The van der Waals surface area contributed by atoms with Gasteiger partial charge in [0.05, 0.1) is 0 Å². The fraction of sp³-hybridized carbons (Fsp3) is 1.00. The molecule has 2 unspecified atom stereocenters. The van der Waals surface area contributed by atoms with Crippen molar-refractivity contribution in [2.75, 3.05) is 0 Å². The van der Waals surface area contributed by atoms with Crippen LogP contribution in [0.3, 0.4) is 0 Å². The molecular formula is C30H52. The zero-order valence-electron chi connectivity index (χ0n) is 21.7. The Labute approximate surface area is 188 Å². The van der Waals surface area contributed by atoms with Crippen LogP contribution in [0.5, 0.6) is 0 Å². The quantitative estimate of drug-likeness (QED) is 0.402. The summed E-state index contributed by atoms with van der Waals surface area (Å²) in [6.07, 6.45) is 16.6. The summed E-state index contributed by atoms with van der Waals surface area (Å²) in [4.78, 5) is 0. The Morgan fingerprint density at radius 1 is 0.567 bits per heavy atom. The SMILES string of the molecule is CC(C)[C@H]1CC[C@]2(C)C3CC[C@@H]4[C@@]5(C)CCCC(C)(C)C5CC[C@@]4(C)[C@]3(C)CC[C@@H]12. The van der Waals surface area contributed by atoms with E-state index in [0.29, 0.717) is 27.1 Å². The first-order valence-corrected chi connectivity index (χ1v) is 13.9. The third-order valence-corrected chi connectivity index (χ3v) is 13.6. The fourth-order valence-corrected chi connectivity index (χ4v) is 12.1. The molecule has 5 fully saturated rings. The topological polar surface area (TPSA) is 0 Å². The lowest BCUT2D eigenvalue weighted by Crippen LogP contribution is -2.65. The Morgan fingerprint density at radius 3 is 1.80 bits per heavy atom. The first-order chi connectivity index (χ1) is 13.9. The van der Waals surface area contributed by atoms with E-state index in [2.05, 4.69) is 55.4 Å². The van der Waals surface area contributed by atoms with E-state index < -0.39 is 0 Å². The Morgan fingerprint density at radius 2 is 1.17 bits per heavy atom. The molecule has 5 aliphatic carbocycles. The average molecular weight is 413 g/mol. The molecule has 0 N–H and O–H groups in total. The molecule has 0 aromatic heterocycles. The third kappa shape index (κ3) is 2.52. The second kappa shape index (κ2) is 6.53. The maximum absolute atomic E-state index is 2.81. The van der Waals surface area contributed by atoms with Crippen LogP contribution in [-0.2, 0) is 0 Å². The molecule has 0 bridgehead atoms. The molecule has 0 saturated heterocycles. The van der Waals surface area contributed by atoms with Gasteiger partial charge in [-0.25, -0.2) is 0 Å². The van der Waals surface area contributed by atoms with Gasteiger partial charge in [-0.1, -0.05) is 61.8 Å². The Hall–Kier alpha value is 0. The molecule has 0 heteroatoms. The van der Waals surface area contributed by atoms with Crippen LogP contribution >= 0.6 is 0 Å². The van der Waals surface area contributed by atoms with Crippen molar-refractivity contribution in [2.45, 2.75) is 126 Å². The van der Waals surface area contributed by atoms with Gasteiger partial charge in [0.15, 0.2) is 0 Å². The predicted octanol–water partition coefficient (Wildman–Crippen LogP) is 9.13. The minimum absolute atomic E-state index is 0.561. The molecule has 0 amide bonds. The fourth-order valence-electron chi connectivity index (χ4n) is 12.1. The summed E-state index contributed by atoms with van der Waals surface area (Å²) in [5.41, 5.74) is 2.92. The summed E-state index contributed by atoms with van der Waals surface area (Å²) in [6, 6.07) is 0. The number of hydrogen-bond acceptors (Lipinski definition) is 0. The predicted molar refractivity (Wildman–Crippen MR) is 129 cm³/mol. The lowest BCUT2D eigenvalue weighted by Gasteiger charge is -2.73. The maximum Gasteiger partial charge on any atom is -0.0235 e. The minimum atomic E-state index is 0.561. The second-order valence-electron chi connectivity index (χ2n) is 15.1. The maximum atomic E-state index is 2.81. The van der Waals surface area contributed by atoms with Crippen molar-refractivity contribution in [1.82, 2.24) is 0 Å². The van der Waals surface area contributed by atoms with E-state index in [-0.39, 0.29) is 0 Å². The summed E-state index contributed by atoms with van der Waals surface area (Å²) >= 11 is 0. The van der Waals surface area contributed by atoms with Crippen LogP contribution < -0.4 is 0 Å². The highest BCUT2D eigenvalue weighted by Crippen LogP contribution is 2.78. The highest BCUT2D eigenvalue weighted by Gasteiger charge is 2.70. The van der Waals surface area contributed by atoms with Crippen molar-refractivity contribution in [3.05, 3.63) is 0 Å². The zero-order chi connectivity index (χ0) is 21.7. The largest absolute Gasteiger partial charge is 0.0625 e. The van der Waals surface area contributed by atoms with Gasteiger partial charge in [-0.3, -0.25) is 0 Å². The van der Waals surface area contributed by atoms with Gasteiger partial charge in [-0.15, -0.1) is 0 Å². The Kier molecular flexibility index (Phi) is 4.75. The Bertz CT molecular complexity index is 688. The van der Waals surface area contributed by atoms with Gasteiger partial charge >= 0.3 is 0 Å². The van der Waals surface area contributed by atoms with Crippen molar-refractivity contribution < 1.29 is 0 Å². The molecule has 0 radical (unpaired) electrons. The molecule has 0 heterocycles. The molecule has 30 heavy (non-hydrogen) atoms. The summed E-state index contributed by atoms with van der Waals surface area (Å²) < 4.78 is 0. The summed E-state index contributed by atoms with van der Waals surface area (Å²) in [5, 5.41) is 0. The molecule has 0 aromatic carbocycles. The molecule has 5 saturated carbocycles. The molecule has 172 valence electrons. The summed E-state index contributed by atoms with van der Waals surface area (Å²) in [6.45, 7) is 21.4. The normalized spacial score (nSPS) is 57.3. The molecule has 5 aliphatic rings. The van der Waals surface area contributed by atoms with Gasteiger partial charge < -0.3 is 0 Å². The monoisotopic (exact) mass is 412 g/mol. The summed E-state index contributed by atoms with van der Waals surface area (Å²) in [7, 11) is 0. The van der Waals surface area contributed by atoms with Crippen molar-refractivity contribution >= 4 is 0 Å².